The Morgan fingerprint density at radius 2 is 1.71 bits per heavy atom. The van der Waals surface area contributed by atoms with Gasteiger partial charge in [-0.3, -0.25) is 0 Å². The van der Waals surface area contributed by atoms with E-state index in [4.69, 9.17) is 0 Å². The summed E-state index contributed by atoms with van der Waals surface area (Å²) in [5, 5.41) is 6.74. The van der Waals surface area contributed by atoms with Crippen molar-refractivity contribution in [3.8, 4) is 0 Å². The van der Waals surface area contributed by atoms with Crippen LogP contribution >= 0.6 is 0 Å². The fraction of sp³-hybridized carbons (Fsp3) is 0.750. The van der Waals surface area contributed by atoms with Crippen molar-refractivity contribution in [2.24, 2.45) is 5.41 Å². The van der Waals surface area contributed by atoms with Crippen LogP contribution in [-0.2, 0) is 0 Å². The molecule has 1 heterocycles. The van der Waals surface area contributed by atoms with E-state index in [2.05, 4.69) is 74.2 Å². The highest BCUT2D eigenvalue weighted by Gasteiger charge is 2.19. The first-order chi connectivity index (χ1) is 9.73. The van der Waals surface area contributed by atoms with Gasteiger partial charge in [0.25, 0.3) is 0 Å². The van der Waals surface area contributed by atoms with Crippen LogP contribution in [0.2, 0.25) is 0 Å². The molecule has 2 N–H and O–H groups in total. The summed E-state index contributed by atoms with van der Waals surface area (Å²) in [6.07, 6.45) is 0. The van der Waals surface area contributed by atoms with Gasteiger partial charge in [0.05, 0.1) is 0 Å². The number of rotatable bonds is 8. The predicted molar refractivity (Wildman–Crippen MR) is 91.1 cm³/mol. The molecular formula is C16H31N5. The van der Waals surface area contributed by atoms with Gasteiger partial charge in [-0.2, -0.15) is 0 Å². The molecule has 0 spiro atoms. The number of hydrogen-bond donors (Lipinski definition) is 2. The van der Waals surface area contributed by atoms with E-state index in [-0.39, 0.29) is 5.41 Å². The van der Waals surface area contributed by atoms with E-state index in [1.807, 2.05) is 6.07 Å². The lowest BCUT2D eigenvalue weighted by atomic mass is 9.93. The minimum atomic E-state index is 0.185. The van der Waals surface area contributed by atoms with Crippen LogP contribution < -0.4 is 10.6 Å². The van der Waals surface area contributed by atoms with Crippen LogP contribution in [0.1, 0.15) is 46.4 Å². The molecule has 0 saturated carbocycles. The topological polar surface area (TPSA) is 53.1 Å². The Bertz CT molecular complexity index is 440. The molecule has 0 atom stereocenters. The van der Waals surface area contributed by atoms with E-state index < -0.39 is 0 Å². The van der Waals surface area contributed by atoms with E-state index in [9.17, 15) is 0 Å². The summed E-state index contributed by atoms with van der Waals surface area (Å²) in [5.41, 5.74) is 0.185. The first-order valence-electron chi connectivity index (χ1n) is 7.75. The van der Waals surface area contributed by atoms with Gasteiger partial charge in [0, 0.05) is 31.6 Å². The zero-order chi connectivity index (χ0) is 16.0. The first kappa shape index (κ1) is 17.7. The van der Waals surface area contributed by atoms with Crippen molar-refractivity contribution in [2.45, 2.75) is 40.5 Å². The van der Waals surface area contributed by atoms with Crippen LogP contribution in [0, 0.1) is 5.41 Å². The van der Waals surface area contributed by atoms with E-state index in [1.165, 1.54) is 0 Å². The molecule has 0 aliphatic rings. The number of aromatic nitrogens is 2. The third kappa shape index (κ3) is 6.29. The Kier molecular flexibility index (Phi) is 6.40. The average Bonchev–Trinajstić information content (AvgIpc) is 2.35. The summed E-state index contributed by atoms with van der Waals surface area (Å²) in [6.45, 7) is 13.6. The van der Waals surface area contributed by atoms with Gasteiger partial charge >= 0.3 is 0 Å². The molecule has 120 valence electrons. The lowest BCUT2D eigenvalue weighted by molar-refractivity contribution is 0.254. The SMILES string of the molecule is CCNc1cc(NCC(C)(C)CN(C)C)nc(C(C)C)n1. The Morgan fingerprint density at radius 3 is 2.19 bits per heavy atom. The third-order valence-electron chi connectivity index (χ3n) is 3.11. The van der Waals surface area contributed by atoms with Crippen LogP contribution in [0.15, 0.2) is 6.07 Å². The molecule has 0 amide bonds. The Morgan fingerprint density at radius 1 is 1.14 bits per heavy atom. The molecule has 1 aromatic rings. The van der Waals surface area contributed by atoms with E-state index in [1.54, 1.807) is 0 Å². The van der Waals surface area contributed by atoms with Crippen molar-refractivity contribution in [1.29, 1.82) is 0 Å². The van der Waals surface area contributed by atoms with Gasteiger partial charge in [-0.1, -0.05) is 27.7 Å². The van der Waals surface area contributed by atoms with Crippen LogP contribution in [0.25, 0.3) is 0 Å². The van der Waals surface area contributed by atoms with Crippen LogP contribution in [0.5, 0.6) is 0 Å². The molecule has 1 rings (SSSR count). The number of hydrogen-bond acceptors (Lipinski definition) is 5. The van der Waals surface area contributed by atoms with Crippen molar-refractivity contribution in [1.82, 2.24) is 14.9 Å². The lowest BCUT2D eigenvalue weighted by Gasteiger charge is -2.28. The molecule has 21 heavy (non-hydrogen) atoms. The van der Waals surface area contributed by atoms with E-state index in [0.717, 1.165) is 37.1 Å². The van der Waals surface area contributed by atoms with Crippen LogP contribution in [-0.4, -0.2) is 48.6 Å². The van der Waals surface area contributed by atoms with Crippen molar-refractivity contribution < 1.29 is 0 Å². The number of nitrogens with zero attached hydrogens (tertiary/aromatic N) is 3. The second-order valence-corrected chi connectivity index (χ2v) is 6.94. The van der Waals surface area contributed by atoms with Gasteiger partial charge in [0.1, 0.15) is 17.5 Å². The Balaban J connectivity index is 2.82. The largest absolute Gasteiger partial charge is 0.370 e. The summed E-state index contributed by atoms with van der Waals surface area (Å²) >= 11 is 0. The maximum absolute atomic E-state index is 4.62. The fourth-order valence-electron chi connectivity index (χ4n) is 2.33. The second-order valence-electron chi connectivity index (χ2n) is 6.94. The number of nitrogens with one attached hydrogen (secondary N) is 2. The third-order valence-corrected chi connectivity index (χ3v) is 3.11. The zero-order valence-electron chi connectivity index (χ0n) is 14.6. The molecule has 0 radical (unpaired) electrons. The highest BCUT2D eigenvalue weighted by Crippen LogP contribution is 2.20. The van der Waals surface area contributed by atoms with Crippen molar-refractivity contribution in [3.05, 3.63) is 11.9 Å². The summed E-state index contributed by atoms with van der Waals surface area (Å²) < 4.78 is 0. The zero-order valence-corrected chi connectivity index (χ0v) is 14.6. The van der Waals surface area contributed by atoms with Gasteiger partial charge in [-0.05, 0) is 26.4 Å². The molecular weight excluding hydrogens is 262 g/mol. The number of anilines is 2. The summed E-state index contributed by atoms with van der Waals surface area (Å²) in [6, 6.07) is 1.99. The van der Waals surface area contributed by atoms with Gasteiger partial charge < -0.3 is 15.5 Å². The minimum Gasteiger partial charge on any atom is -0.370 e. The average molecular weight is 293 g/mol. The minimum absolute atomic E-state index is 0.185. The standard InChI is InChI=1S/C16H31N5/c1-8-17-13-9-14(20-15(19-13)12(2)3)18-10-16(4,5)11-21(6)7/h9,12H,8,10-11H2,1-7H3,(H2,17,18,19,20). The Labute approximate surface area is 129 Å². The van der Waals surface area contributed by atoms with Crippen LogP contribution in [0.3, 0.4) is 0 Å². The fourth-order valence-corrected chi connectivity index (χ4v) is 2.33. The highest BCUT2D eigenvalue weighted by atomic mass is 15.1. The Hall–Kier alpha value is -1.36. The van der Waals surface area contributed by atoms with Crippen molar-refractivity contribution in [3.63, 3.8) is 0 Å². The molecule has 0 aromatic carbocycles. The molecule has 0 bridgehead atoms. The lowest BCUT2D eigenvalue weighted by Crippen LogP contribution is -2.34. The van der Waals surface area contributed by atoms with Crippen molar-refractivity contribution in [2.75, 3.05) is 44.4 Å². The highest BCUT2D eigenvalue weighted by molar-refractivity contribution is 5.48. The second kappa shape index (κ2) is 7.59. The van der Waals surface area contributed by atoms with Crippen LogP contribution in [0.4, 0.5) is 11.6 Å². The van der Waals surface area contributed by atoms with Gasteiger partial charge in [0.2, 0.25) is 0 Å². The van der Waals surface area contributed by atoms with Crippen molar-refractivity contribution >= 4 is 11.6 Å². The summed E-state index contributed by atoms with van der Waals surface area (Å²) in [5.74, 6) is 2.99. The smallest absolute Gasteiger partial charge is 0.135 e. The van der Waals surface area contributed by atoms with Gasteiger partial charge in [0.15, 0.2) is 0 Å². The van der Waals surface area contributed by atoms with Gasteiger partial charge in [-0.15, -0.1) is 0 Å². The van der Waals surface area contributed by atoms with Gasteiger partial charge in [-0.25, -0.2) is 9.97 Å². The molecule has 0 saturated heterocycles. The molecule has 5 nitrogen and oxygen atoms in total. The summed E-state index contributed by atoms with van der Waals surface area (Å²) in [4.78, 5) is 11.4. The van der Waals surface area contributed by atoms with E-state index in [0.29, 0.717) is 5.92 Å². The van der Waals surface area contributed by atoms with E-state index >= 15 is 0 Å². The quantitative estimate of drug-likeness (QED) is 0.771. The molecule has 0 unspecified atom stereocenters. The summed E-state index contributed by atoms with van der Waals surface area (Å²) in [7, 11) is 4.21. The normalized spacial score (nSPS) is 12.0. The molecule has 5 heteroatoms. The first-order valence-corrected chi connectivity index (χ1v) is 7.75. The molecule has 0 aliphatic heterocycles. The maximum atomic E-state index is 4.62. The molecule has 0 aliphatic carbocycles. The molecule has 1 aromatic heterocycles. The maximum Gasteiger partial charge on any atom is 0.135 e. The monoisotopic (exact) mass is 293 g/mol. The molecule has 0 fully saturated rings. The predicted octanol–water partition coefficient (Wildman–Crippen LogP) is 3.03.